The molecule has 7 heteroatoms. The molecule has 0 aromatic heterocycles. The molecule has 1 aliphatic heterocycles. The topological polar surface area (TPSA) is 69.7 Å². The minimum Gasteiger partial charge on any atom is -0.354 e. The fourth-order valence-electron chi connectivity index (χ4n) is 4.99. The first-order chi connectivity index (χ1) is 15.9. The number of nitrogens with one attached hydrogen (secondary N) is 1. The van der Waals surface area contributed by atoms with Crippen molar-refractivity contribution in [3.63, 3.8) is 0 Å². The summed E-state index contributed by atoms with van der Waals surface area (Å²) in [5, 5.41) is 3.10. The molecule has 0 radical (unpaired) electrons. The molecule has 2 aromatic rings. The van der Waals surface area contributed by atoms with E-state index in [2.05, 4.69) is 22.3 Å². The molecule has 4 rings (SSSR count). The Bertz CT molecular complexity index is 1060. The first-order valence-electron chi connectivity index (χ1n) is 12.0. The van der Waals surface area contributed by atoms with Gasteiger partial charge in [0.25, 0.3) is 0 Å². The van der Waals surface area contributed by atoms with Crippen LogP contribution in [0.3, 0.4) is 0 Å². The van der Waals surface area contributed by atoms with Gasteiger partial charge in [0.05, 0.1) is 10.9 Å². The maximum atomic E-state index is 13.2. The lowest BCUT2D eigenvalue weighted by atomic mass is 9.92. The third kappa shape index (κ3) is 5.48. The highest BCUT2D eigenvalue weighted by Crippen LogP contribution is 2.28. The van der Waals surface area contributed by atoms with Crippen LogP contribution in [0.15, 0.2) is 53.4 Å². The molecule has 1 aliphatic carbocycles. The van der Waals surface area contributed by atoms with Gasteiger partial charge in [0, 0.05) is 25.6 Å². The van der Waals surface area contributed by atoms with Crippen LogP contribution in [0.2, 0.25) is 0 Å². The maximum absolute atomic E-state index is 13.2. The van der Waals surface area contributed by atoms with Crippen LogP contribution in [-0.4, -0.2) is 57.3 Å². The molecule has 1 heterocycles. The molecular formula is C26H35N3O3S. The van der Waals surface area contributed by atoms with Crippen molar-refractivity contribution in [1.29, 1.82) is 0 Å². The molecule has 1 amide bonds. The summed E-state index contributed by atoms with van der Waals surface area (Å²) in [4.78, 5) is 15.3. The molecule has 1 N–H and O–H groups in total. The van der Waals surface area contributed by atoms with Gasteiger partial charge in [-0.25, -0.2) is 8.42 Å². The molecule has 1 saturated heterocycles. The highest BCUT2D eigenvalue weighted by molar-refractivity contribution is 7.89. The Morgan fingerprint density at radius 2 is 1.70 bits per heavy atom. The average Bonchev–Trinajstić information content (AvgIpc) is 2.84. The molecule has 6 nitrogen and oxygen atoms in total. The molecule has 0 spiro atoms. The number of benzene rings is 2. The van der Waals surface area contributed by atoms with Gasteiger partial charge >= 0.3 is 0 Å². The van der Waals surface area contributed by atoms with Gasteiger partial charge in [-0.1, -0.05) is 36.4 Å². The zero-order valence-corrected chi connectivity index (χ0v) is 20.5. The van der Waals surface area contributed by atoms with Gasteiger partial charge in [0.1, 0.15) is 0 Å². The van der Waals surface area contributed by atoms with Gasteiger partial charge in [-0.2, -0.15) is 4.31 Å². The summed E-state index contributed by atoms with van der Waals surface area (Å²) in [5.74, 6) is -0.137. The zero-order chi connectivity index (χ0) is 23.4. The molecule has 2 aliphatic rings. The second-order valence-electron chi connectivity index (χ2n) is 9.45. The van der Waals surface area contributed by atoms with E-state index in [4.69, 9.17) is 0 Å². The number of carbonyl (C=O) groups excluding carboxylic acids is 1. The van der Waals surface area contributed by atoms with Crippen LogP contribution in [0.1, 0.15) is 48.4 Å². The summed E-state index contributed by atoms with van der Waals surface area (Å²) in [7, 11) is 0.493. The van der Waals surface area contributed by atoms with E-state index < -0.39 is 10.0 Å². The van der Waals surface area contributed by atoms with Crippen molar-refractivity contribution in [2.24, 2.45) is 5.92 Å². The van der Waals surface area contributed by atoms with Crippen LogP contribution in [-0.2, 0) is 27.7 Å². The van der Waals surface area contributed by atoms with Crippen molar-refractivity contribution < 1.29 is 13.2 Å². The van der Waals surface area contributed by atoms with Crippen molar-refractivity contribution >= 4 is 15.9 Å². The largest absolute Gasteiger partial charge is 0.354 e. The molecule has 33 heavy (non-hydrogen) atoms. The Balaban J connectivity index is 1.34. The summed E-state index contributed by atoms with van der Waals surface area (Å²) in [6.45, 7) is 1.30. The first-order valence-corrected chi connectivity index (χ1v) is 13.4. The number of rotatable bonds is 7. The third-order valence-corrected chi connectivity index (χ3v) is 8.95. The fraction of sp³-hybridized carbons (Fsp3) is 0.500. The SMILES string of the molecule is CN(C)C(CNC(=O)C1CCN(S(=O)(=O)c2ccc3c(c2)CCCC3)CC1)c1ccccc1. The van der Waals surface area contributed by atoms with E-state index >= 15 is 0 Å². The van der Waals surface area contributed by atoms with Gasteiger partial charge in [-0.15, -0.1) is 0 Å². The predicted molar refractivity (Wildman–Crippen MR) is 130 cm³/mol. The Morgan fingerprint density at radius 3 is 2.36 bits per heavy atom. The minimum atomic E-state index is -3.52. The number of hydrogen-bond acceptors (Lipinski definition) is 4. The Hall–Kier alpha value is -2.22. The van der Waals surface area contributed by atoms with Crippen LogP contribution in [0.25, 0.3) is 0 Å². The number of fused-ring (bicyclic) bond motifs is 1. The lowest BCUT2D eigenvalue weighted by molar-refractivity contribution is -0.126. The minimum absolute atomic E-state index is 0.0172. The van der Waals surface area contributed by atoms with E-state index in [-0.39, 0.29) is 17.9 Å². The van der Waals surface area contributed by atoms with Crippen molar-refractivity contribution in [3.05, 3.63) is 65.2 Å². The van der Waals surface area contributed by atoms with Crippen LogP contribution in [0, 0.1) is 5.92 Å². The lowest BCUT2D eigenvalue weighted by Gasteiger charge is -2.31. The van der Waals surface area contributed by atoms with Crippen LogP contribution in [0.4, 0.5) is 0 Å². The summed E-state index contributed by atoms with van der Waals surface area (Å²) in [5.41, 5.74) is 3.61. The van der Waals surface area contributed by atoms with E-state index in [0.29, 0.717) is 37.4 Å². The molecule has 0 bridgehead atoms. The van der Waals surface area contributed by atoms with Crippen molar-refractivity contribution in [1.82, 2.24) is 14.5 Å². The quantitative estimate of drug-likeness (QED) is 0.675. The fourth-order valence-corrected chi connectivity index (χ4v) is 6.51. The highest BCUT2D eigenvalue weighted by atomic mass is 32.2. The van der Waals surface area contributed by atoms with E-state index in [0.717, 1.165) is 24.8 Å². The third-order valence-electron chi connectivity index (χ3n) is 7.06. The number of aryl methyl sites for hydroxylation is 2. The van der Waals surface area contributed by atoms with E-state index in [1.54, 1.807) is 10.4 Å². The number of piperidine rings is 1. The molecule has 178 valence electrons. The van der Waals surface area contributed by atoms with Crippen molar-refractivity contribution in [2.45, 2.75) is 49.5 Å². The molecule has 1 fully saturated rings. The number of nitrogens with zero attached hydrogens (tertiary/aromatic N) is 2. The van der Waals surface area contributed by atoms with E-state index in [1.165, 1.54) is 17.5 Å². The van der Waals surface area contributed by atoms with Gasteiger partial charge in [0.15, 0.2) is 0 Å². The van der Waals surface area contributed by atoms with E-state index in [9.17, 15) is 13.2 Å². The Morgan fingerprint density at radius 1 is 1.03 bits per heavy atom. The first kappa shape index (κ1) is 23.9. The summed E-state index contributed by atoms with van der Waals surface area (Å²) >= 11 is 0. The Kier molecular flexibility index (Phi) is 7.51. The molecule has 2 aromatic carbocycles. The second-order valence-corrected chi connectivity index (χ2v) is 11.4. The van der Waals surface area contributed by atoms with Gasteiger partial charge in [0.2, 0.25) is 15.9 Å². The summed E-state index contributed by atoms with van der Waals surface area (Å²) in [6.07, 6.45) is 5.39. The van der Waals surface area contributed by atoms with Crippen LogP contribution in [0.5, 0.6) is 0 Å². The Labute approximate surface area is 198 Å². The zero-order valence-electron chi connectivity index (χ0n) is 19.7. The van der Waals surface area contributed by atoms with Crippen LogP contribution >= 0.6 is 0 Å². The number of hydrogen-bond donors (Lipinski definition) is 1. The second kappa shape index (κ2) is 10.4. The molecule has 1 atom stereocenters. The lowest BCUT2D eigenvalue weighted by Crippen LogP contribution is -2.44. The van der Waals surface area contributed by atoms with Gasteiger partial charge in [-0.3, -0.25) is 4.79 Å². The predicted octanol–water partition coefficient (Wildman–Crippen LogP) is 3.39. The summed E-state index contributed by atoms with van der Waals surface area (Å²) in [6, 6.07) is 15.8. The number of carbonyl (C=O) groups is 1. The van der Waals surface area contributed by atoms with Crippen molar-refractivity contribution in [2.75, 3.05) is 33.7 Å². The monoisotopic (exact) mass is 469 g/mol. The highest BCUT2D eigenvalue weighted by Gasteiger charge is 2.32. The number of likely N-dealkylation sites (N-methyl/N-ethyl adjacent to an activating group) is 1. The molecule has 1 unspecified atom stereocenters. The van der Waals surface area contributed by atoms with Gasteiger partial charge in [-0.05, 0) is 81.4 Å². The van der Waals surface area contributed by atoms with Crippen molar-refractivity contribution in [3.8, 4) is 0 Å². The number of sulfonamides is 1. The van der Waals surface area contributed by atoms with Gasteiger partial charge < -0.3 is 10.2 Å². The molecule has 0 saturated carbocycles. The average molecular weight is 470 g/mol. The maximum Gasteiger partial charge on any atom is 0.243 e. The standard InChI is InChI=1S/C26H35N3O3S/c1-28(2)25(21-9-4-3-5-10-21)19-27-26(30)22-14-16-29(17-15-22)33(31,32)24-13-12-20-8-6-7-11-23(20)18-24/h3-5,9-10,12-13,18,22,25H,6-8,11,14-17,19H2,1-2H3,(H,27,30). The van der Waals surface area contributed by atoms with E-state index in [1.807, 2.05) is 44.4 Å². The number of amides is 1. The summed E-state index contributed by atoms with van der Waals surface area (Å²) < 4.78 is 28.0. The normalized spacial score (nSPS) is 18.6. The smallest absolute Gasteiger partial charge is 0.243 e. The molecular weight excluding hydrogens is 434 g/mol. The van der Waals surface area contributed by atoms with Crippen LogP contribution < -0.4 is 5.32 Å².